The summed E-state index contributed by atoms with van der Waals surface area (Å²) >= 11 is 1.83. The minimum absolute atomic E-state index is 0.420. The summed E-state index contributed by atoms with van der Waals surface area (Å²) < 4.78 is 0. The standard InChI is InChI=1S/C12H23N5S/c1-5-9(7-18-4)14-11-8(3)12(17-13)16-10(6-2)15-11/h9H,5-7,13H2,1-4H3,(H2,14,15,16,17). The van der Waals surface area contributed by atoms with E-state index in [2.05, 4.69) is 33.9 Å². The predicted octanol–water partition coefficient (Wildman–Crippen LogP) is 2.19. The third-order valence-electron chi connectivity index (χ3n) is 2.85. The van der Waals surface area contributed by atoms with Crippen molar-refractivity contribution in [1.82, 2.24) is 9.97 Å². The maximum Gasteiger partial charge on any atom is 0.148 e. The molecule has 102 valence electrons. The van der Waals surface area contributed by atoms with Gasteiger partial charge >= 0.3 is 0 Å². The molecule has 5 nitrogen and oxygen atoms in total. The summed E-state index contributed by atoms with van der Waals surface area (Å²) in [5.74, 6) is 8.94. The molecule has 0 saturated carbocycles. The van der Waals surface area contributed by atoms with Gasteiger partial charge in [0.25, 0.3) is 0 Å². The number of hydrogen-bond acceptors (Lipinski definition) is 6. The lowest BCUT2D eigenvalue weighted by molar-refractivity contribution is 0.764. The first-order chi connectivity index (χ1) is 8.65. The van der Waals surface area contributed by atoms with Crippen LogP contribution in [0.2, 0.25) is 0 Å². The van der Waals surface area contributed by atoms with Crippen molar-refractivity contribution in [3.05, 3.63) is 11.4 Å². The fraction of sp³-hybridized carbons (Fsp3) is 0.667. The van der Waals surface area contributed by atoms with Crippen molar-refractivity contribution < 1.29 is 0 Å². The van der Waals surface area contributed by atoms with Gasteiger partial charge in [-0.3, -0.25) is 0 Å². The van der Waals surface area contributed by atoms with Gasteiger partial charge in [-0.1, -0.05) is 13.8 Å². The average molecular weight is 269 g/mol. The molecule has 1 heterocycles. The van der Waals surface area contributed by atoms with Crippen molar-refractivity contribution in [3.8, 4) is 0 Å². The molecule has 0 aliphatic rings. The highest BCUT2D eigenvalue weighted by atomic mass is 32.2. The third kappa shape index (κ3) is 3.74. The number of anilines is 2. The zero-order valence-corrected chi connectivity index (χ0v) is 12.4. The van der Waals surface area contributed by atoms with Gasteiger partial charge in [0.05, 0.1) is 0 Å². The van der Waals surface area contributed by atoms with Crippen LogP contribution in [0.3, 0.4) is 0 Å². The van der Waals surface area contributed by atoms with Gasteiger partial charge in [0, 0.05) is 23.8 Å². The van der Waals surface area contributed by atoms with Crippen LogP contribution < -0.4 is 16.6 Å². The summed E-state index contributed by atoms with van der Waals surface area (Å²) in [5, 5.41) is 3.48. The number of rotatable bonds is 7. The molecular weight excluding hydrogens is 246 g/mol. The molecule has 0 radical (unpaired) electrons. The number of nitrogens with one attached hydrogen (secondary N) is 2. The molecule has 0 saturated heterocycles. The Morgan fingerprint density at radius 3 is 2.44 bits per heavy atom. The molecule has 6 heteroatoms. The molecule has 4 N–H and O–H groups in total. The molecule has 0 aliphatic heterocycles. The van der Waals surface area contributed by atoms with Gasteiger partial charge in [-0.2, -0.15) is 11.8 Å². The van der Waals surface area contributed by atoms with Crippen LogP contribution in [0.15, 0.2) is 0 Å². The number of aromatic nitrogens is 2. The van der Waals surface area contributed by atoms with Crippen LogP contribution in [-0.4, -0.2) is 28.0 Å². The van der Waals surface area contributed by atoms with Crippen molar-refractivity contribution in [2.24, 2.45) is 5.84 Å². The second-order valence-electron chi connectivity index (χ2n) is 4.16. The van der Waals surface area contributed by atoms with Crippen LogP contribution in [0.4, 0.5) is 11.6 Å². The minimum atomic E-state index is 0.420. The zero-order valence-electron chi connectivity index (χ0n) is 11.6. The van der Waals surface area contributed by atoms with E-state index in [0.29, 0.717) is 11.9 Å². The van der Waals surface area contributed by atoms with Crippen LogP contribution in [0.5, 0.6) is 0 Å². The summed E-state index contributed by atoms with van der Waals surface area (Å²) in [6.45, 7) is 6.18. The molecule has 1 unspecified atom stereocenters. The Hall–Kier alpha value is -1.01. The van der Waals surface area contributed by atoms with Gasteiger partial charge in [-0.25, -0.2) is 15.8 Å². The molecule has 0 aromatic carbocycles. The molecule has 0 spiro atoms. The summed E-state index contributed by atoms with van der Waals surface area (Å²) in [7, 11) is 0. The third-order valence-corrected chi connectivity index (χ3v) is 3.58. The number of hydrogen-bond donors (Lipinski definition) is 3. The van der Waals surface area contributed by atoms with Crippen LogP contribution in [0.1, 0.15) is 31.7 Å². The molecule has 0 aliphatic carbocycles. The first kappa shape index (κ1) is 15.0. The topological polar surface area (TPSA) is 75.9 Å². The first-order valence-corrected chi connectivity index (χ1v) is 7.65. The Morgan fingerprint density at radius 2 is 1.94 bits per heavy atom. The quantitative estimate of drug-likeness (QED) is 0.520. The number of hydrazine groups is 1. The maximum absolute atomic E-state index is 5.49. The molecular formula is C12H23N5S. The number of nitrogens with two attached hydrogens (primary N) is 1. The van der Waals surface area contributed by atoms with E-state index >= 15 is 0 Å². The number of aryl methyl sites for hydroxylation is 1. The number of thioether (sulfide) groups is 1. The maximum atomic E-state index is 5.49. The second kappa shape index (κ2) is 7.43. The Balaban J connectivity index is 2.98. The minimum Gasteiger partial charge on any atom is -0.366 e. The van der Waals surface area contributed by atoms with E-state index in [0.717, 1.165) is 35.8 Å². The van der Waals surface area contributed by atoms with Crippen LogP contribution in [-0.2, 0) is 6.42 Å². The lowest BCUT2D eigenvalue weighted by atomic mass is 10.2. The van der Waals surface area contributed by atoms with Crippen molar-refractivity contribution in [3.63, 3.8) is 0 Å². The van der Waals surface area contributed by atoms with Crippen molar-refractivity contribution >= 4 is 23.4 Å². The van der Waals surface area contributed by atoms with Crippen LogP contribution >= 0.6 is 11.8 Å². The van der Waals surface area contributed by atoms with Crippen molar-refractivity contribution in [2.75, 3.05) is 22.8 Å². The summed E-state index contributed by atoms with van der Waals surface area (Å²) in [4.78, 5) is 8.90. The van der Waals surface area contributed by atoms with E-state index in [1.165, 1.54) is 0 Å². The summed E-state index contributed by atoms with van der Waals surface area (Å²) in [6, 6.07) is 0.420. The van der Waals surface area contributed by atoms with Crippen molar-refractivity contribution in [1.29, 1.82) is 0 Å². The second-order valence-corrected chi connectivity index (χ2v) is 5.08. The lowest BCUT2D eigenvalue weighted by Gasteiger charge is -2.19. The van der Waals surface area contributed by atoms with Gasteiger partial charge in [-0.05, 0) is 19.6 Å². The largest absolute Gasteiger partial charge is 0.366 e. The summed E-state index contributed by atoms with van der Waals surface area (Å²) in [6.07, 6.45) is 3.97. The van der Waals surface area contributed by atoms with E-state index < -0.39 is 0 Å². The average Bonchev–Trinajstić information content (AvgIpc) is 2.40. The van der Waals surface area contributed by atoms with Crippen molar-refractivity contribution in [2.45, 2.75) is 39.7 Å². The van der Waals surface area contributed by atoms with E-state index in [-0.39, 0.29) is 0 Å². The molecule has 0 bridgehead atoms. The highest BCUT2D eigenvalue weighted by Gasteiger charge is 2.12. The molecule has 1 rings (SSSR count). The molecule has 0 fully saturated rings. The van der Waals surface area contributed by atoms with Gasteiger partial charge in [0.2, 0.25) is 0 Å². The Kier molecular flexibility index (Phi) is 6.21. The molecule has 1 aromatic rings. The molecule has 0 amide bonds. The van der Waals surface area contributed by atoms with Gasteiger partial charge in [0.1, 0.15) is 17.5 Å². The number of nitrogen functional groups attached to an aromatic ring is 1. The zero-order chi connectivity index (χ0) is 13.5. The fourth-order valence-corrected chi connectivity index (χ4v) is 2.38. The first-order valence-electron chi connectivity index (χ1n) is 6.25. The Labute approximate surface area is 113 Å². The Morgan fingerprint density at radius 1 is 1.28 bits per heavy atom. The molecule has 1 atom stereocenters. The molecule has 1 aromatic heterocycles. The predicted molar refractivity (Wildman–Crippen MR) is 80.0 cm³/mol. The highest BCUT2D eigenvalue weighted by molar-refractivity contribution is 7.98. The van der Waals surface area contributed by atoms with E-state index in [9.17, 15) is 0 Å². The van der Waals surface area contributed by atoms with Gasteiger partial charge < -0.3 is 10.7 Å². The molecule has 18 heavy (non-hydrogen) atoms. The normalized spacial score (nSPS) is 12.3. The smallest absolute Gasteiger partial charge is 0.148 e. The fourth-order valence-electron chi connectivity index (χ4n) is 1.66. The van der Waals surface area contributed by atoms with Gasteiger partial charge in [0.15, 0.2) is 0 Å². The summed E-state index contributed by atoms with van der Waals surface area (Å²) in [5.41, 5.74) is 3.60. The Bertz CT molecular complexity index is 383. The number of nitrogens with zero attached hydrogens (tertiary/aromatic N) is 2. The lowest BCUT2D eigenvalue weighted by Crippen LogP contribution is -2.24. The SMILES string of the molecule is CCc1nc(NN)c(C)c(NC(CC)CSC)n1. The van der Waals surface area contributed by atoms with Gasteiger partial charge in [-0.15, -0.1) is 0 Å². The van der Waals surface area contributed by atoms with Crippen LogP contribution in [0, 0.1) is 6.92 Å². The highest BCUT2D eigenvalue weighted by Crippen LogP contribution is 2.21. The van der Waals surface area contributed by atoms with Crippen LogP contribution in [0.25, 0.3) is 0 Å². The van der Waals surface area contributed by atoms with E-state index in [1.807, 2.05) is 25.6 Å². The monoisotopic (exact) mass is 269 g/mol. The van der Waals surface area contributed by atoms with E-state index in [1.54, 1.807) is 0 Å². The van der Waals surface area contributed by atoms with E-state index in [4.69, 9.17) is 5.84 Å².